The van der Waals surface area contributed by atoms with Gasteiger partial charge in [0.2, 0.25) is 5.91 Å². The highest BCUT2D eigenvalue weighted by Crippen LogP contribution is 2.61. The fourth-order valence-electron chi connectivity index (χ4n) is 6.96. The zero-order chi connectivity index (χ0) is 14.1. The largest absolute Gasteiger partial charge is 0.342 e. The molecule has 2 aliphatic heterocycles. The van der Waals surface area contributed by atoms with Crippen molar-refractivity contribution in [2.45, 2.75) is 51.4 Å². The first-order valence-electron chi connectivity index (χ1n) is 9.17. The van der Waals surface area contributed by atoms with Gasteiger partial charge in [0, 0.05) is 25.0 Å². The Morgan fingerprint density at radius 1 is 1.00 bits per heavy atom. The van der Waals surface area contributed by atoms with Crippen molar-refractivity contribution in [1.29, 1.82) is 0 Å². The molecule has 0 aromatic heterocycles. The molecule has 1 atom stereocenters. The molecule has 6 fully saturated rings. The molecule has 1 unspecified atom stereocenters. The molecule has 21 heavy (non-hydrogen) atoms. The van der Waals surface area contributed by atoms with E-state index in [1.54, 1.807) is 0 Å². The van der Waals surface area contributed by atoms with Crippen LogP contribution in [0.15, 0.2) is 0 Å². The summed E-state index contributed by atoms with van der Waals surface area (Å²) in [5.74, 6) is 3.20. The lowest BCUT2D eigenvalue weighted by atomic mass is 9.49. The van der Waals surface area contributed by atoms with Crippen LogP contribution in [0.5, 0.6) is 0 Å². The van der Waals surface area contributed by atoms with Gasteiger partial charge in [0.05, 0.1) is 5.41 Å². The lowest BCUT2D eigenvalue weighted by molar-refractivity contribution is -0.156. The van der Waals surface area contributed by atoms with Gasteiger partial charge in [0.15, 0.2) is 0 Å². The molecule has 6 rings (SSSR count). The van der Waals surface area contributed by atoms with Gasteiger partial charge in [-0.15, -0.1) is 0 Å². The second-order valence-electron chi connectivity index (χ2n) is 9.10. The highest BCUT2D eigenvalue weighted by atomic mass is 16.2. The molecule has 1 amide bonds. The number of nitrogens with one attached hydrogen (secondary N) is 1. The minimum atomic E-state index is 0.0757. The van der Waals surface area contributed by atoms with Crippen LogP contribution in [0, 0.1) is 28.6 Å². The van der Waals surface area contributed by atoms with Gasteiger partial charge in [-0.1, -0.05) is 0 Å². The van der Waals surface area contributed by atoms with Gasteiger partial charge in [0.1, 0.15) is 0 Å². The summed E-state index contributed by atoms with van der Waals surface area (Å²) in [6.45, 7) is 4.36. The van der Waals surface area contributed by atoms with Gasteiger partial charge in [-0.2, -0.15) is 0 Å². The van der Waals surface area contributed by atoms with Crippen molar-refractivity contribution in [3.8, 4) is 0 Å². The average Bonchev–Trinajstić information content (AvgIpc) is 3.07. The monoisotopic (exact) mass is 288 g/mol. The molecule has 1 spiro atoms. The number of rotatable bonds is 1. The van der Waals surface area contributed by atoms with Crippen molar-refractivity contribution in [2.24, 2.45) is 28.6 Å². The Bertz CT molecular complexity index is 431. The number of hydrogen-bond acceptors (Lipinski definition) is 2. The molecule has 0 radical (unpaired) electrons. The van der Waals surface area contributed by atoms with Crippen LogP contribution in [0.25, 0.3) is 0 Å². The summed E-state index contributed by atoms with van der Waals surface area (Å²) >= 11 is 0. The van der Waals surface area contributed by atoms with E-state index in [-0.39, 0.29) is 5.41 Å². The van der Waals surface area contributed by atoms with Crippen molar-refractivity contribution in [2.75, 3.05) is 26.2 Å². The van der Waals surface area contributed by atoms with Gasteiger partial charge in [-0.05, 0) is 75.7 Å². The summed E-state index contributed by atoms with van der Waals surface area (Å²) in [5.41, 5.74) is 0.504. The van der Waals surface area contributed by atoms with Crippen molar-refractivity contribution in [1.82, 2.24) is 10.2 Å². The van der Waals surface area contributed by atoms with Crippen LogP contribution in [-0.4, -0.2) is 37.0 Å². The van der Waals surface area contributed by atoms with E-state index >= 15 is 0 Å². The average molecular weight is 288 g/mol. The fourth-order valence-corrected chi connectivity index (χ4v) is 6.96. The van der Waals surface area contributed by atoms with Crippen LogP contribution >= 0.6 is 0 Å². The standard InChI is InChI=1S/C18H28N2O/c21-16(20-4-2-17(12-20)1-3-19-11-17)18-8-13-5-14(9-18)7-15(6-13)10-18/h13-15,19H,1-12H2. The summed E-state index contributed by atoms with van der Waals surface area (Å²) in [4.78, 5) is 15.6. The Kier molecular flexibility index (Phi) is 2.61. The van der Waals surface area contributed by atoms with Crippen molar-refractivity contribution in [3.05, 3.63) is 0 Å². The van der Waals surface area contributed by atoms with E-state index in [2.05, 4.69) is 10.2 Å². The van der Waals surface area contributed by atoms with Crippen LogP contribution in [-0.2, 0) is 4.79 Å². The SMILES string of the molecule is O=C(N1CCC2(CCNC2)C1)C12CC3CC(CC(C3)C1)C2. The maximum absolute atomic E-state index is 13.3. The first-order chi connectivity index (χ1) is 10.2. The quantitative estimate of drug-likeness (QED) is 0.803. The third-order valence-corrected chi connectivity index (χ3v) is 7.55. The molecule has 4 bridgehead atoms. The second-order valence-corrected chi connectivity index (χ2v) is 9.10. The number of amides is 1. The molecule has 2 heterocycles. The maximum atomic E-state index is 13.3. The van der Waals surface area contributed by atoms with Crippen LogP contribution in [0.2, 0.25) is 0 Å². The summed E-state index contributed by atoms with van der Waals surface area (Å²) in [7, 11) is 0. The van der Waals surface area contributed by atoms with Gasteiger partial charge in [0.25, 0.3) is 0 Å². The normalized spacial score (nSPS) is 51.2. The number of carbonyl (C=O) groups is 1. The summed E-state index contributed by atoms with van der Waals surface area (Å²) < 4.78 is 0. The Morgan fingerprint density at radius 3 is 2.24 bits per heavy atom. The molecule has 0 aromatic rings. The Balaban J connectivity index is 1.37. The first-order valence-corrected chi connectivity index (χ1v) is 9.17. The van der Waals surface area contributed by atoms with E-state index in [4.69, 9.17) is 0 Å². The van der Waals surface area contributed by atoms with E-state index in [1.807, 2.05) is 0 Å². The number of likely N-dealkylation sites (tertiary alicyclic amines) is 1. The molecule has 6 aliphatic rings. The molecule has 4 aliphatic carbocycles. The highest BCUT2D eigenvalue weighted by molar-refractivity contribution is 5.83. The van der Waals surface area contributed by atoms with E-state index < -0.39 is 0 Å². The molecule has 4 saturated carbocycles. The Labute approximate surface area is 127 Å². The smallest absolute Gasteiger partial charge is 0.228 e. The van der Waals surface area contributed by atoms with Crippen LogP contribution in [0.4, 0.5) is 0 Å². The van der Waals surface area contributed by atoms with E-state index in [9.17, 15) is 4.79 Å². The molecule has 116 valence electrons. The number of nitrogens with zero attached hydrogens (tertiary/aromatic N) is 1. The summed E-state index contributed by atoms with van der Waals surface area (Å²) in [6.07, 6.45) is 10.5. The lowest BCUT2D eigenvalue weighted by Crippen LogP contribution is -2.54. The molecule has 3 heteroatoms. The summed E-state index contributed by atoms with van der Waals surface area (Å²) in [5, 5.41) is 3.51. The topological polar surface area (TPSA) is 32.3 Å². The first kappa shape index (κ1) is 12.9. The van der Waals surface area contributed by atoms with Gasteiger partial charge in [-0.25, -0.2) is 0 Å². The number of carbonyl (C=O) groups excluding carboxylic acids is 1. The molecule has 3 nitrogen and oxygen atoms in total. The minimum absolute atomic E-state index is 0.0757. The highest BCUT2D eigenvalue weighted by Gasteiger charge is 2.56. The van der Waals surface area contributed by atoms with Gasteiger partial charge < -0.3 is 10.2 Å². The predicted molar refractivity (Wildman–Crippen MR) is 81.7 cm³/mol. The maximum Gasteiger partial charge on any atom is 0.228 e. The molecule has 2 saturated heterocycles. The Morgan fingerprint density at radius 2 is 1.67 bits per heavy atom. The summed E-state index contributed by atoms with van der Waals surface area (Å²) in [6, 6.07) is 0. The van der Waals surface area contributed by atoms with E-state index in [0.29, 0.717) is 11.3 Å². The zero-order valence-corrected chi connectivity index (χ0v) is 13.1. The van der Waals surface area contributed by atoms with E-state index in [0.717, 1.165) is 43.9 Å². The number of hydrogen-bond donors (Lipinski definition) is 1. The molecular weight excluding hydrogens is 260 g/mol. The van der Waals surface area contributed by atoms with Crippen LogP contribution in [0.3, 0.4) is 0 Å². The predicted octanol–water partition coefficient (Wildman–Crippen LogP) is 2.41. The minimum Gasteiger partial charge on any atom is -0.342 e. The van der Waals surface area contributed by atoms with Crippen LogP contribution in [0.1, 0.15) is 51.4 Å². The molecule has 1 N–H and O–H groups in total. The van der Waals surface area contributed by atoms with Crippen molar-refractivity contribution in [3.63, 3.8) is 0 Å². The van der Waals surface area contributed by atoms with Gasteiger partial charge in [-0.3, -0.25) is 4.79 Å². The van der Waals surface area contributed by atoms with E-state index in [1.165, 1.54) is 51.4 Å². The molecule has 0 aromatic carbocycles. The lowest BCUT2D eigenvalue weighted by Gasteiger charge is -2.56. The van der Waals surface area contributed by atoms with Crippen molar-refractivity contribution < 1.29 is 4.79 Å². The van der Waals surface area contributed by atoms with Gasteiger partial charge >= 0.3 is 0 Å². The Hall–Kier alpha value is -0.570. The van der Waals surface area contributed by atoms with Crippen LogP contribution < -0.4 is 5.32 Å². The van der Waals surface area contributed by atoms with Crippen molar-refractivity contribution >= 4 is 5.91 Å². The third-order valence-electron chi connectivity index (χ3n) is 7.55. The second kappa shape index (κ2) is 4.24. The zero-order valence-electron chi connectivity index (χ0n) is 13.1. The third kappa shape index (κ3) is 1.85. The molecular formula is C18H28N2O. The fraction of sp³-hybridized carbons (Fsp3) is 0.944.